The van der Waals surface area contributed by atoms with E-state index in [0.29, 0.717) is 37.6 Å². The SMILES string of the molecule is COC(=O)c1ccc2c(C3CCCCC3)c3n(c2c1)CC(C(=O)C1CNCCO1)Cc1ccccc1-3. The number of carbonyl (C=O) groups excluding carboxylic acids is 2. The van der Waals surface area contributed by atoms with E-state index in [1.165, 1.54) is 67.0 Å². The Labute approximate surface area is 212 Å². The molecular formula is C30H34N2O4. The molecule has 0 amide bonds. The van der Waals surface area contributed by atoms with Gasteiger partial charge in [-0.3, -0.25) is 4.79 Å². The van der Waals surface area contributed by atoms with E-state index in [1.54, 1.807) is 0 Å². The molecular weight excluding hydrogens is 452 g/mol. The molecule has 1 saturated carbocycles. The van der Waals surface area contributed by atoms with Gasteiger partial charge >= 0.3 is 5.97 Å². The molecule has 6 rings (SSSR count). The smallest absolute Gasteiger partial charge is 0.337 e. The Morgan fingerprint density at radius 1 is 1.08 bits per heavy atom. The number of benzene rings is 2. The molecule has 3 aliphatic rings. The van der Waals surface area contributed by atoms with E-state index in [1.807, 2.05) is 12.1 Å². The molecule has 1 saturated heterocycles. The van der Waals surface area contributed by atoms with Crippen LogP contribution < -0.4 is 5.32 Å². The largest absolute Gasteiger partial charge is 0.465 e. The lowest BCUT2D eigenvalue weighted by Gasteiger charge is -2.26. The minimum Gasteiger partial charge on any atom is -0.465 e. The summed E-state index contributed by atoms with van der Waals surface area (Å²) in [6, 6.07) is 14.5. The summed E-state index contributed by atoms with van der Waals surface area (Å²) in [6.07, 6.45) is 6.41. The van der Waals surface area contributed by atoms with Crippen LogP contribution in [0.25, 0.3) is 22.2 Å². The van der Waals surface area contributed by atoms with Gasteiger partial charge < -0.3 is 19.4 Å². The van der Waals surface area contributed by atoms with Crippen LogP contribution in [0.4, 0.5) is 0 Å². The Hall–Kier alpha value is -2.96. The third-order valence-corrected chi connectivity index (χ3v) is 8.33. The predicted molar refractivity (Wildman–Crippen MR) is 139 cm³/mol. The number of fused-ring (bicyclic) bond motifs is 5. The lowest BCUT2D eigenvalue weighted by atomic mass is 9.81. The van der Waals surface area contributed by atoms with Gasteiger partial charge in [-0.15, -0.1) is 0 Å². The minimum atomic E-state index is -0.414. The number of hydrogen-bond acceptors (Lipinski definition) is 5. The van der Waals surface area contributed by atoms with Crippen molar-refractivity contribution in [3.05, 3.63) is 59.2 Å². The first-order chi connectivity index (χ1) is 17.7. The van der Waals surface area contributed by atoms with E-state index in [4.69, 9.17) is 9.47 Å². The number of ketones is 1. The lowest BCUT2D eigenvalue weighted by Crippen LogP contribution is -2.46. The molecule has 2 aliphatic heterocycles. The van der Waals surface area contributed by atoms with E-state index in [0.717, 1.165) is 12.1 Å². The van der Waals surface area contributed by atoms with Crippen molar-refractivity contribution < 1.29 is 19.1 Å². The molecule has 2 atom stereocenters. The Kier molecular flexibility index (Phi) is 6.40. The summed E-state index contributed by atoms with van der Waals surface area (Å²) in [5.74, 6) is 0.103. The summed E-state index contributed by atoms with van der Waals surface area (Å²) < 4.78 is 13.3. The first kappa shape index (κ1) is 23.4. The first-order valence-electron chi connectivity index (χ1n) is 13.3. The van der Waals surface area contributed by atoms with Gasteiger partial charge in [0, 0.05) is 42.0 Å². The van der Waals surface area contributed by atoms with Gasteiger partial charge in [0.1, 0.15) is 6.10 Å². The van der Waals surface area contributed by atoms with Crippen molar-refractivity contribution in [2.45, 2.75) is 57.1 Å². The number of hydrogen-bond donors (Lipinski definition) is 1. The summed E-state index contributed by atoms with van der Waals surface area (Å²) in [6.45, 7) is 2.49. The third kappa shape index (κ3) is 4.06. The molecule has 0 bridgehead atoms. The molecule has 3 heterocycles. The van der Waals surface area contributed by atoms with Crippen molar-refractivity contribution in [2.75, 3.05) is 26.8 Å². The molecule has 2 fully saturated rings. The van der Waals surface area contributed by atoms with E-state index in [2.05, 4.69) is 40.2 Å². The fraction of sp³-hybridized carbons (Fsp3) is 0.467. The zero-order chi connectivity index (χ0) is 24.6. The van der Waals surface area contributed by atoms with Crippen LogP contribution in [0.5, 0.6) is 0 Å². The second-order valence-electron chi connectivity index (χ2n) is 10.5. The number of nitrogens with zero attached hydrogens (tertiary/aromatic N) is 1. The summed E-state index contributed by atoms with van der Waals surface area (Å²) in [5.41, 5.74) is 6.61. The van der Waals surface area contributed by atoms with Gasteiger partial charge in [-0.2, -0.15) is 0 Å². The van der Waals surface area contributed by atoms with Gasteiger partial charge in [0.25, 0.3) is 0 Å². The molecule has 0 spiro atoms. The van der Waals surface area contributed by atoms with E-state index < -0.39 is 6.10 Å². The van der Waals surface area contributed by atoms with Gasteiger partial charge in [0.15, 0.2) is 5.78 Å². The van der Waals surface area contributed by atoms with Crippen molar-refractivity contribution in [2.24, 2.45) is 5.92 Å². The zero-order valence-corrected chi connectivity index (χ0v) is 20.9. The van der Waals surface area contributed by atoms with Gasteiger partial charge in [-0.1, -0.05) is 49.6 Å². The highest BCUT2D eigenvalue weighted by Crippen LogP contribution is 2.46. The van der Waals surface area contributed by atoms with Crippen LogP contribution >= 0.6 is 0 Å². The normalized spacial score (nSPS) is 22.5. The van der Waals surface area contributed by atoms with Crippen LogP contribution in [-0.2, 0) is 27.2 Å². The van der Waals surface area contributed by atoms with Crippen molar-refractivity contribution in [3.63, 3.8) is 0 Å². The summed E-state index contributed by atoms with van der Waals surface area (Å²) in [4.78, 5) is 26.2. The predicted octanol–water partition coefficient (Wildman–Crippen LogP) is 4.87. The van der Waals surface area contributed by atoms with E-state index in [9.17, 15) is 9.59 Å². The van der Waals surface area contributed by atoms with Crippen LogP contribution in [-0.4, -0.2) is 49.2 Å². The fourth-order valence-corrected chi connectivity index (χ4v) is 6.59. The number of methoxy groups -OCH3 is 1. The van der Waals surface area contributed by atoms with Crippen molar-refractivity contribution in [3.8, 4) is 11.3 Å². The molecule has 2 unspecified atom stereocenters. The molecule has 6 heteroatoms. The van der Waals surface area contributed by atoms with Gasteiger partial charge in [-0.25, -0.2) is 4.79 Å². The maximum absolute atomic E-state index is 13.7. The Morgan fingerprint density at radius 2 is 1.92 bits per heavy atom. The molecule has 188 valence electrons. The van der Waals surface area contributed by atoms with E-state index in [-0.39, 0.29) is 17.7 Å². The highest BCUT2D eigenvalue weighted by atomic mass is 16.5. The topological polar surface area (TPSA) is 69.6 Å². The molecule has 3 aromatic rings. The Balaban J connectivity index is 1.56. The van der Waals surface area contributed by atoms with Crippen molar-refractivity contribution in [1.82, 2.24) is 9.88 Å². The van der Waals surface area contributed by atoms with Gasteiger partial charge in [0.05, 0.1) is 25.0 Å². The molecule has 2 aromatic carbocycles. The first-order valence-corrected chi connectivity index (χ1v) is 13.3. The second kappa shape index (κ2) is 9.83. The number of rotatable bonds is 4. The van der Waals surface area contributed by atoms with Crippen molar-refractivity contribution >= 4 is 22.7 Å². The highest BCUT2D eigenvalue weighted by molar-refractivity contribution is 5.99. The van der Waals surface area contributed by atoms with E-state index >= 15 is 0 Å². The summed E-state index contributed by atoms with van der Waals surface area (Å²) >= 11 is 0. The van der Waals surface area contributed by atoms with Gasteiger partial charge in [-0.05, 0) is 48.4 Å². The average Bonchev–Trinajstić information content (AvgIpc) is 3.15. The number of carbonyl (C=O) groups is 2. The van der Waals surface area contributed by atoms with Gasteiger partial charge in [0.2, 0.25) is 0 Å². The van der Waals surface area contributed by atoms with Crippen LogP contribution in [0.1, 0.15) is 59.5 Å². The molecule has 0 radical (unpaired) electrons. The quantitative estimate of drug-likeness (QED) is 0.533. The Bertz CT molecular complexity index is 1300. The molecule has 1 aromatic heterocycles. The minimum absolute atomic E-state index is 0.162. The number of Topliss-reactive ketones (excluding diaryl/α,β-unsaturated/α-hetero) is 1. The fourth-order valence-electron chi connectivity index (χ4n) is 6.59. The Morgan fingerprint density at radius 3 is 2.69 bits per heavy atom. The number of nitrogens with one attached hydrogen (secondary N) is 1. The van der Waals surface area contributed by atoms with Crippen molar-refractivity contribution in [1.29, 1.82) is 0 Å². The maximum Gasteiger partial charge on any atom is 0.337 e. The monoisotopic (exact) mass is 486 g/mol. The molecule has 6 nitrogen and oxygen atoms in total. The molecule has 1 aliphatic carbocycles. The number of esters is 1. The summed E-state index contributed by atoms with van der Waals surface area (Å²) in [5, 5.41) is 4.51. The molecule has 1 N–H and O–H groups in total. The lowest BCUT2D eigenvalue weighted by molar-refractivity contribution is -0.136. The third-order valence-electron chi connectivity index (χ3n) is 8.33. The summed E-state index contributed by atoms with van der Waals surface area (Å²) in [7, 11) is 1.42. The van der Waals surface area contributed by atoms with Crippen LogP contribution in [0.2, 0.25) is 0 Å². The number of aromatic nitrogens is 1. The average molecular weight is 487 g/mol. The number of ether oxygens (including phenoxy) is 2. The number of morpholine rings is 1. The maximum atomic E-state index is 13.7. The van der Waals surface area contributed by atoms with Crippen LogP contribution in [0.3, 0.4) is 0 Å². The molecule has 36 heavy (non-hydrogen) atoms. The highest BCUT2D eigenvalue weighted by Gasteiger charge is 2.35. The van der Waals surface area contributed by atoms with Crippen LogP contribution in [0, 0.1) is 5.92 Å². The zero-order valence-electron chi connectivity index (χ0n) is 20.9. The second-order valence-corrected chi connectivity index (χ2v) is 10.5. The standard InChI is InChI=1S/C30H34N2O4/c1-35-30(34)21-11-12-24-25(16-21)32-18-22(29(33)26-17-31-13-14-36-26)15-20-9-5-6-10-23(20)28(32)27(24)19-7-3-2-4-8-19/h5-6,9-12,16,19,22,26,31H,2-4,7-8,13-15,17-18H2,1H3. The van der Waals surface area contributed by atoms with Crippen LogP contribution in [0.15, 0.2) is 42.5 Å².